The first-order chi connectivity index (χ1) is 19.8. The summed E-state index contributed by atoms with van der Waals surface area (Å²) in [7, 11) is 0. The highest BCUT2D eigenvalue weighted by Gasteiger charge is 2.33. The number of halogens is 3. The van der Waals surface area contributed by atoms with Gasteiger partial charge in [-0.05, 0) is 57.0 Å². The lowest BCUT2D eigenvalue weighted by Crippen LogP contribution is -2.31. The number of pyridine rings is 2. The fraction of sp³-hybridized carbons (Fsp3) is 0.310. The number of hydrogen-bond donors (Lipinski definition) is 1. The van der Waals surface area contributed by atoms with E-state index in [1.807, 2.05) is 12.1 Å². The van der Waals surface area contributed by atoms with Crippen LogP contribution < -0.4 is 10.2 Å². The number of alkyl halides is 3. The maximum atomic E-state index is 13.6. The van der Waals surface area contributed by atoms with Crippen molar-refractivity contribution in [3.05, 3.63) is 82.7 Å². The van der Waals surface area contributed by atoms with Gasteiger partial charge in [0.25, 0.3) is 5.91 Å². The van der Waals surface area contributed by atoms with Gasteiger partial charge in [0.15, 0.2) is 0 Å². The smallest absolute Gasteiger partial charge is 0.433 e. The van der Waals surface area contributed by atoms with E-state index in [9.17, 15) is 22.8 Å². The van der Waals surface area contributed by atoms with Crippen molar-refractivity contribution in [3.8, 4) is 0 Å². The fourth-order valence-corrected chi connectivity index (χ4v) is 4.54. The van der Waals surface area contributed by atoms with Crippen LogP contribution in [0.3, 0.4) is 0 Å². The molecule has 0 radical (unpaired) electrons. The SMILES string of the molecule is Cc1ncncc1N(Cc1ccc2c3c(c(NC(=O)OC(C)(C)C)nc2c1)COC3)C(=O)c1ccc(C(F)(F)F)nc1. The van der Waals surface area contributed by atoms with Crippen molar-refractivity contribution >= 4 is 34.4 Å². The van der Waals surface area contributed by atoms with Gasteiger partial charge in [0, 0.05) is 17.1 Å². The molecule has 10 nitrogen and oxygen atoms in total. The Kier molecular flexibility index (Phi) is 7.54. The number of carbonyl (C=O) groups excluding carboxylic acids is 2. The lowest BCUT2D eigenvalue weighted by Gasteiger charge is -2.24. The third-order valence-corrected chi connectivity index (χ3v) is 6.44. The maximum Gasteiger partial charge on any atom is 0.433 e. The minimum atomic E-state index is -4.63. The highest BCUT2D eigenvalue weighted by molar-refractivity contribution is 6.06. The van der Waals surface area contributed by atoms with Crippen molar-refractivity contribution in [1.82, 2.24) is 19.9 Å². The Morgan fingerprint density at radius 1 is 1.05 bits per heavy atom. The van der Waals surface area contributed by atoms with Gasteiger partial charge in [-0.25, -0.2) is 19.7 Å². The van der Waals surface area contributed by atoms with Gasteiger partial charge in [0.2, 0.25) is 0 Å². The first kappa shape index (κ1) is 28.9. The van der Waals surface area contributed by atoms with Crippen molar-refractivity contribution in [3.63, 3.8) is 0 Å². The molecule has 1 aliphatic heterocycles. The molecule has 0 aliphatic carbocycles. The van der Waals surface area contributed by atoms with Crippen LogP contribution in [0.1, 0.15) is 59.2 Å². The quantitative estimate of drug-likeness (QED) is 0.307. The monoisotopic (exact) mass is 580 g/mol. The highest BCUT2D eigenvalue weighted by Crippen LogP contribution is 2.34. The number of aryl methyl sites for hydroxylation is 1. The van der Waals surface area contributed by atoms with Crippen LogP contribution >= 0.6 is 0 Å². The van der Waals surface area contributed by atoms with Crippen LogP contribution in [-0.4, -0.2) is 37.5 Å². The molecule has 5 rings (SSSR count). The maximum absolute atomic E-state index is 13.6. The standard InChI is InChI=1S/C29H27F3N6O4/c1-16-23(11-33-15-35-16)38(26(39)18-6-8-24(34-10-18)29(30,31)32)12-17-5-7-19-20-13-41-14-21(20)25(36-22(19)9-17)37-27(40)42-28(2,3)4/h5-11,15H,12-14H2,1-4H3,(H,36,37,40). The molecule has 1 N–H and O–H groups in total. The van der Waals surface area contributed by atoms with Gasteiger partial charge in [-0.15, -0.1) is 0 Å². The summed E-state index contributed by atoms with van der Waals surface area (Å²) < 4.78 is 50.2. The third kappa shape index (κ3) is 6.15. The predicted octanol–water partition coefficient (Wildman–Crippen LogP) is 5.97. The summed E-state index contributed by atoms with van der Waals surface area (Å²) in [5.74, 6) is -0.269. The van der Waals surface area contributed by atoms with Gasteiger partial charge in [0.1, 0.15) is 23.4 Å². The highest BCUT2D eigenvalue weighted by atomic mass is 19.4. The molecule has 42 heavy (non-hydrogen) atoms. The van der Waals surface area contributed by atoms with Gasteiger partial charge in [-0.3, -0.25) is 15.1 Å². The minimum Gasteiger partial charge on any atom is -0.444 e. The fourth-order valence-electron chi connectivity index (χ4n) is 4.54. The van der Waals surface area contributed by atoms with Gasteiger partial charge >= 0.3 is 12.3 Å². The third-order valence-electron chi connectivity index (χ3n) is 6.44. The van der Waals surface area contributed by atoms with Crippen molar-refractivity contribution in [2.24, 2.45) is 0 Å². The average Bonchev–Trinajstić information content (AvgIpc) is 3.41. The van der Waals surface area contributed by atoms with E-state index >= 15 is 0 Å². The molecule has 0 saturated heterocycles. The molecule has 218 valence electrons. The molecule has 1 aliphatic rings. The number of carbonyl (C=O) groups is 2. The number of nitrogens with one attached hydrogen (secondary N) is 1. The zero-order valence-corrected chi connectivity index (χ0v) is 23.2. The number of ether oxygens (including phenoxy) is 2. The second-order valence-corrected chi connectivity index (χ2v) is 10.7. The molecule has 3 aromatic heterocycles. The number of benzene rings is 1. The number of nitrogens with zero attached hydrogens (tertiary/aromatic N) is 5. The molecule has 0 saturated carbocycles. The van der Waals surface area contributed by atoms with Crippen LogP contribution in [0.4, 0.5) is 29.5 Å². The summed E-state index contributed by atoms with van der Waals surface area (Å²) in [5, 5.41) is 3.54. The molecular formula is C29H27F3N6O4. The van der Waals surface area contributed by atoms with Gasteiger partial charge in [-0.1, -0.05) is 12.1 Å². The van der Waals surface area contributed by atoms with Crippen molar-refractivity contribution in [1.29, 1.82) is 0 Å². The van der Waals surface area contributed by atoms with E-state index in [1.165, 1.54) is 17.4 Å². The van der Waals surface area contributed by atoms with E-state index < -0.39 is 29.5 Å². The van der Waals surface area contributed by atoms with E-state index in [0.29, 0.717) is 34.9 Å². The lowest BCUT2D eigenvalue weighted by atomic mass is 10.0. The van der Waals surface area contributed by atoms with Crippen molar-refractivity contribution < 1.29 is 32.2 Å². The largest absolute Gasteiger partial charge is 0.444 e. The van der Waals surface area contributed by atoms with Crippen LogP contribution in [0.15, 0.2) is 49.1 Å². The molecule has 4 heterocycles. The predicted molar refractivity (Wildman–Crippen MR) is 147 cm³/mol. The number of fused-ring (bicyclic) bond motifs is 3. The molecule has 0 atom stereocenters. The van der Waals surface area contributed by atoms with Crippen LogP contribution in [0.5, 0.6) is 0 Å². The molecule has 0 unspecified atom stereocenters. The summed E-state index contributed by atoms with van der Waals surface area (Å²) in [6, 6.07) is 7.32. The summed E-state index contributed by atoms with van der Waals surface area (Å²) in [6.07, 6.45) is -1.59. The zero-order valence-electron chi connectivity index (χ0n) is 23.2. The average molecular weight is 581 g/mol. The van der Waals surface area contributed by atoms with Gasteiger partial charge < -0.3 is 14.4 Å². The number of anilines is 2. The number of hydrogen-bond acceptors (Lipinski definition) is 8. The van der Waals surface area contributed by atoms with Crippen molar-refractivity contribution in [2.45, 2.75) is 59.2 Å². The molecule has 0 spiro atoms. The number of amides is 2. The topological polar surface area (TPSA) is 119 Å². The van der Waals surface area contributed by atoms with Crippen LogP contribution in [0, 0.1) is 6.92 Å². The summed E-state index contributed by atoms with van der Waals surface area (Å²) in [6.45, 7) is 7.61. The van der Waals surface area contributed by atoms with E-state index in [1.54, 1.807) is 33.8 Å². The molecule has 0 bridgehead atoms. The Labute approximate surface area is 238 Å². The van der Waals surface area contributed by atoms with Crippen molar-refractivity contribution in [2.75, 3.05) is 10.2 Å². The number of aromatic nitrogens is 4. The zero-order chi connectivity index (χ0) is 30.2. The van der Waals surface area contributed by atoms with Gasteiger partial charge in [-0.2, -0.15) is 13.2 Å². The second kappa shape index (κ2) is 11.0. The Bertz CT molecular complexity index is 1670. The minimum absolute atomic E-state index is 0.0219. The Morgan fingerprint density at radius 2 is 1.81 bits per heavy atom. The molecule has 13 heteroatoms. The molecule has 2 amide bonds. The summed E-state index contributed by atoms with van der Waals surface area (Å²) in [4.78, 5) is 43.8. The lowest BCUT2D eigenvalue weighted by molar-refractivity contribution is -0.141. The van der Waals surface area contributed by atoms with Gasteiger partial charge in [0.05, 0.1) is 48.4 Å². The second-order valence-electron chi connectivity index (χ2n) is 10.7. The molecular weight excluding hydrogens is 553 g/mol. The van der Waals surface area contributed by atoms with E-state index in [0.717, 1.165) is 34.8 Å². The normalized spacial score (nSPS) is 13.1. The Morgan fingerprint density at radius 3 is 2.48 bits per heavy atom. The van der Waals surface area contributed by atoms with E-state index in [4.69, 9.17) is 9.47 Å². The van der Waals surface area contributed by atoms with Crippen LogP contribution in [-0.2, 0) is 35.4 Å². The van der Waals surface area contributed by atoms with Crippen LogP contribution in [0.25, 0.3) is 10.9 Å². The Hall–Kier alpha value is -4.65. The summed E-state index contributed by atoms with van der Waals surface area (Å²) in [5.41, 5.74) is 1.88. The molecule has 0 fully saturated rings. The first-order valence-corrected chi connectivity index (χ1v) is 12.9. The van der Waals surface area contributed by atoms with E-state index in [-0.39, 0.29) is 18.7 Å². The molecule has 4 aromatic rings. The van der Waals surface area contributed by atoms with E-state index in [2.05, 4.69) is 25.3 Å². The number of rotatable bonds is 5. The summed E-state index contributed by atoms with van der Waals surface area (Å²) >= 11 is 0. The Balaban J connectivity index is 1.51. The van der Waals surface area contributed by atoms with Crippen LogP contribution in [0.2, 0.25) is 0 Å². The molecule has 1 aromatic carbocycles. The first-order valence-electron chi connectivity index (χ1n) is 12.9.